The van der Waals surface area contributed by atoms with Crippen molar-refractivity contribution >= 4 is 11.8 Å². The second kappa shape index (κ2) is 5.66. The third-order valence-electron chi connectivity index (χ3n) is 3.36. The van der Waals surface area contributed by atoms with Gasteiger partial charge in [0.2, 0.25) is 5.16 Å². The zero-order valence-electron chi connectivity index (χ0n) is 10.6. The molecule has 1 fully saturated rings. The van der Waals surface area contributed by atoms with E-state index in [-0.39, 0.29) is 0 Å². The van der Waals surface area contributed by atoms with E-state index in [4.69, 9.17) is 5.73 Å². The SMILES string of the molecule is NCc1ccnc(Sc2nnnn2C2CCCC2)c1. The molecule has 0 atom stereocenters. The number of rotatable bonds is 4. The molecule has 2 heterocycles. The first kappa shape index (κ1) is 12.6. The maximum absolute atomic E-state index is 5.64. The van der Waals surface area contributed by atoms with Crippen LogP contribution >= 0.6 is 11.8 Å². The highest BCUT2D eigenvalue weighted by Crippen LogP contribution is 2.33. The van der Waals surface area contributed by atoms with Crippen LogP contribution in [0.3, 0.4) is 0 Å². The Morgan fingerprint density at radius 3 is 3.00 bits per heavy atom. The third kappa shape index (κ3) is 2.76. The standard InChI is InChI=1S/C12H16N6S/c13-8-9-5-6-14-11(7-9)19-12-15-16-17-18(12)10-3-1-2-4-10/h5-7,10H,1-4,8,13H2. The van der Waals surface area contributed by atoms with E-state index in [0.29, 0.717) is 12.6 Å². The van der Waals surface area contributed by atoms with Crippen molar-refractivity contribution in [2.75, 3.05) is 0 Å². The molecular formula is C12H16N6S. The van der Waals surface area contributed by atoms with Gasteiger partial charge in [0.05, 0.1) is 6.04 Å². The molecule has 0 radical (unpaired) electrons. The Labute approximate surface area is 115 Å². The van der Waals surface area contributed by atoms with Crippen molar-refractivity contribution in [2.45, 2.75) is 48.5 Å². The Bertz CT molecular complexity index is 549. The van der Waals surface area contributed by atoms with Crippen LogP contribution in [0.15, 0.2) is 28.5 Å². The van der Waals surface area contributed by atoms with Crippen LogP contribution in [0.4, 0.5) is 0 Å². The van der Waals surface area contributed by atoms with Crippen LogP contribution in [0.2, 0.25) is 0 Å². The Morgan fingerprint density at radius 2 is 2.21 bits per heavy atom. The number of tetrazole rings is 1. The van der Waals surface area contributed by atoms with Crippen molar-refractivity contribution in [3.63, 3.8) is 0 Å². The van der Waals surface area contributed by atoms with Gasteiger partial charge in [0.1, 0.15) is 5.03 Å². The highest BCUT2D eigenvalue weighted by atomic mass is 32.2. The van der Waals surface area contributed by atoms with Crippen LogP contribution in [-0.2, 0) is 6.54 Å². The predicted octanol–water partition coefficient (Wildman–Crippen LogP) is 1.79. The smallest absolute Gasteiger partial charge is 0.215 e. The second-order valence-electron chi connectivity index (χ2n) is 4.65. The number of hydrogen-bond donors (Lipinski definition) is 1. The van der Waals surface area contributed by atoms with E-state index in [1.165, 1.54) is 24.6 Å². The zero-order chi connectivity index (χ0) is 13.1. The summed E-state index contributed by atoms with van der Waals surface area (Å²) in [6.45, 7) is 0.518. The van der Waals surface area contributed by atoms with Gasteiger partial charge in [-0.1, -0.05) is 12.8 Å². The summed E-state index contributed by atoms with van der Waals surface area (Å²) < 4.78 is 1.94. The Kier molecular flexibility index (Phi) is 3.74. The highest BCUT2D eigenvalue weighted by molar-refractivity contribution is 7.99. The van der Waals surface area contributed by atoms with E-state index in [1.807, 2.05) is 16.8 Å². The van der Waals surface area contributed by atoms with Gasteiger partial charge >= 0.3 is 0 Å². The van der Waals surface area contributed by atoms with Crippen LogP contribution in [0.25, 0.3) is 0 Å². The van der Waals surface area contributed by atoms with Gasteiger partial charge in [-0.05, 0) is 52.7 Å². The average molecular weight is 276 g/mol. The van der Waals surface area contributed by atoms with Crippen LogP contribution in [0.1, 0.15) is 37.3 Å². The number of nitrogens with zero attached hydrogens (tertiary/aromatic N) is 5. The molecule has 2 N–H and O–H groups in total. The average Bonchev–Trinajstić information content (AvgIpc) is 3.09. The first-order chi connectivity index (χ1) is 9.36. The van der Waals surface area contributed by atoms with Crippen molar-refractivity contribution in [1.29, 1.82) is 0 Å². The fraction of sp³-hybridized carbons (Fsp3) is 0.500. The topological polar surface area (TPSA) is 82.5 Å². The Hall–Kier alpha value is -1.47. The molecule has 0 saturated heterocycles. The highest BCUT2D eigenvalue weighted by Gasteiger charge is 2.22. The molecule has 19 heavy (non-hydrogen) atoms. The lowest BCUT2D eigenvalue weighted by atomic mass is 10.3. The number of aromatic nitrogens is 5. The van der Waals surface area contributed by atoms with E-state index in [9.17, 15) is 0 Å². The zero-order valence-corrected chi connectivity index (χ0v) is 11.4. The Balaban J connectivity index is 1.81. The second-order valence-corrected chi connectivity index (χ2v) is 5.64. The van der Waals surface area contributed by atoms with E-state index < -0.39 is 0 Å². The van der Waals surface area contributed by atoms with Gasteiger partial charge in [-0.3, -0.25) is 0 Å². The van der Waals surface area contributed by atoms with Crippen LogP contribution in [0, 0.1) is 0 Å². The minimum atomic E-state index is 0.440. The van der Waals surface area contributed by atoms with Crippen LogP contribution in [-0.4, -0.2) is 25.2 Å². The first-order valence-corrected chi connectivity index (χ1v) is 7.29. The van der Waals surface area contributed by atoms with Crippen molar-refractivity contribution in [1.82, 2.24) is 25.2 Å². The van der Waals surface area contributed by atoms with E-state index in [0.717, 1.165) is 28.6 Å². The summed E-state index contributed by atoms with van der Waals surface area (Å²) in [6.07, 6.45) is 6.61. The van der Waals surface area contributed by atoms with E-state index in [2.05, 4.69) is 20.5 Å². The molecule has 6 nitrogen and oxygen atoms in total. The van der Waals surface area contributed by atoms with Gasteiger partial charge in [-0.25, -0.2) is 9.67 Å². The summed E-state index contributed by atoms with van der Waals surface area (Å²) in [5.74, 6) is 0. The fourth-order valence-electron chi connectivity index (χ4n) is 2.36. The lowest BCUT2D eigenvalue weighted by molar-refractivity contribution is 0.423. The summed E-state index contributed by atoms with van der Waals surface area (Å²) in [5, 5.41) is 13.7. The number of nitrogens with two attached hydrogens (primary N) is 1. The minimum Gasteiger partial charge on any atom is -0.326 e. The molecule has 7 heteroatoms. The molecule has 100 valence electrons. The van der Waals surface area contributed by atoms with Crippen molar-refractivity contribution in [2.24, 2.45) is 5.73 Å². The maximum atomic E-state index is 5.64. The van der Waals surface area contributed by atoms with Gasteiger partial charge in [0, 0.05) is 12.7 Å². The molecule has 0 amide bonds. The fourth-order valence-corrected chi connectivity index (χ4v) is 3.22. The summed E-state index contributed by atoms with van der Waals surface area (Å²) in [6, 6.07) is 4.35. The number of pyridine rings is 1. The van der Waals surface area contributed by atoms with Gasteiger partial charge in [-0.15, -0.1) is 5.10 Å². The van der Waals surface area contributed by atoms with Crippen LogP contribution < -0.4 is 5.73 Å². The third-order valence-corrected chi connectivity index (χ3v) is 4.25. The van der Waals surface area contributed by atoms with Crippen molar-refractivity contribution < 1.29 is 0 Å². The molecule has 1 aliphatic rings. The number of hydrogen-bond acceptors (Lipinski definition) is 6. The van der Waals surface area contributed by atoms with Crippen LogP contribution in [0.5, 0.6) is 0 Å². The molecule has 0 aromatic carbocycles. The summed E-state index contributed by atoms with van der Waals surface area (Å²) in [4.78, 5) is 4.33. The summed E-state index contributed by atoms with van der Waals surface area (Å²) >= 11 is 1.50. The first-order valence-electron chi connectivity index (χ1n) is 6.47. The molecule has 0 spiro atoms. The molecule has 2 aromatic rings. The molecule has 1 saturated carbocycles. The molecule has 2 aromatic heterocycles. The molecule has 3 rings (SSSR count). The van der Waals surface area contributed by atoms with Gasteiger partial charge in [0.25, 0.3) is 0 Å². The lowest BCUT2D eigenvalue weighted by Crippen LogP contribution is -2.08. The van der Waals surface area contributed by atoms with Gasteiger partial charge < -0.3 is 5.73 Å². The lowest BCUT2D eigenvalue weighted by Gasteiger charge is -2.10. The molecular weight excluding hydrogens is 260 g/mol. The monoisotopic (exact) mass is 276 g/mol. The maximum Gasteiger partial charge on any atom is 0.215 e. The quantitative estimate of drug-likeness (QED) is 0.916. The Morgan fingerprint density at radius 1 is 1.37 bits per heavy atom. The minimum absolute atomic E-state index is 0.440. The van der Waals surface area contributed by atoms with E-state index in [1.54, 1.807) is 6.20 Å². The predicted molar refractivity (Wildman–Crippen MR) is 71.6 cm³/mol. The van der Waals surface area contributed by atoms with Gasteiger partial charge in [-0.2, -0.15) is 0 Å². The molecule has 1 aliphatic carbocycles. The van der Waals surface area contributed by atoms with Crippen molar-refractivity contribution in [3.8, 4) is 0 Å². The summed E-state index contributed by atoms with van der Waals surface area (Å²) in [7, 11) is 0. The molecule has 0 unspecified atom stereocenters. The van der Waals surface area contributed by atoms with Crippen molar-refractivity contribution in [3.05, 3.63) is 23.9 Å². The normalized spacial score (nSPS) is 16.1. The van der Waals surface area contributed by atoms with E-state index >= 15 is 0 Å². The largest absolute Gasteiger partial charge is 0.326 e. The molecule has 0 bridgehead atoms. The summed E-state index contributed by atoms with van der Waals surface area (Å²) in [5.41, 5.74) is 6.71. The van der Waals surface area contributed by atoms with Gasteiger partial charge in [0.15, 0.2) is 0 Å². The molecule has 0 aliphatic heterocycles.